The normalized spacial score (nSPS) is 18.0. The van der Waals surface area contributed by atoms with E-state index in [0.717, 1.165) is 38.3 Å². The van der Waals surface area contributed by atoms with Crippen LogP contribution < -0.4 is 10.2 Å². The molecule has 1 amide bonds. The van der Waals surface area contributed by atoms with Gasteiger partial charge in [0.2, 0.25) is 5.91 Å². The van der Waals surface area contributed by atoms with E-state index in [9.17, 15) is 4.79 Å². The second-order valence-corrected chi connectivity index (χ2v) is 7.97. The molecule has 0 bridgehead atoms. The molecule has 4 nitrogen and oxygen atoms in total. The minimum Gasteiger partial charge on any atom is -0.372 e. The third-order valence-corrected chi connectivity index (χ3v) is 6.15. The van der Waals surface area contributed by atoms with Gasteiger partial charge in [-0.15, -0.1) is 11.3 Å². The van der Waals surface area contributed by atoms with Gasteiger partial charge >= 0.3 is 0 Å². The molecule has 0 radical (unpaired) electrons. The highest BCUT2D eigenvalue weighted by Gasteiger charge is 2.19. The number of hydrogen-bond acceptors (Lipinski definition) is 4. The summed E-state index contributed by atoms with van der Waals surface area (Å²) < 4.78 is 0. The smallest absolute Gasteiger partial charge is 0.238 e. The molecule has 2 aliphatic heterocycles. The molecule has 5 heteroatoms. The number of piperidine rings is 1. The number of carbonyl (C=O) groups excluding carboxylic acids is 1. The fourth-order valence-corrected chi connectivity index (χ4v) is 4.64. The number of fused-ring (bicyclic) bond motifs is 1. The van der Waals surface area contributed by atoms with Crippen LogP contribution in [0.5, 0.6) is 0 Å². The predicted molar refractivity (Wildman–Crippen MR) is 104 cm³/mol. The second-order valence-electron chi connectivity index (χ2n) is 6.97. The highest BCUT2D eigenvalue weighted by Crippen LogP contribution is 2.24. The Hall–Kier alpha value is -1.85. The van der Waals surface area contributed by atoms with Crippen LogP contribution in [0.3, 0.4) is 0 Å². The van der Waals surface area contributed by atoms with Gasteiger partial charge in [-0.2, -0.15) is 0 Å². The Morgan fingerprint density at radius 3 is 2.64 bits per heavy atom. The Morgan fingerprint density at radius 1 is 1.04 bits per heavy atom. The monoisotopic (exact) mass is 355 g/mol. The summed E-state index contributed by atoms with van der Waals surface area (Å²) in [6.07, 6.45) is 4.96. The van der Waals surface area contributed by atoms with E-state index in [1.807, 2.05) is 23.5 Å². The van der Waals surface area contributed by atoms with E-state index in [-0.39, 0.29) is 5.91 Å². The number of nitrogens with one attached hydrogen (secondary N) is 1. The maximum Gasteiger partial charge on any atom is 0.238 e. The number of anilines is 2. The number of rotatable bonds is 4. The van der Waals surface area contributed by atoms with E-state index in [1.165, 1.54) is 35.4 Å². The largest absolute Gasteiger partial charge is 0.372 e. The van der Waals surface area contributed by atoms with Gasteiger partial charge in [0.25, 0.3) is 0 Å². The zero-order valence-electron chi connectivity index (χ0n) is 14.5. The Bertz CT molecular complexity index is 719. The van der Waals surface area contributed by atoms with Gasteiger partial charge in [-0.3, -0.25) is 9.69 Å². The number of nitrogens with zero attached hydrogens (tertiary/aromatic N) is 2. The molecule has 2 aromatic rings. The van der Waals surface area contributed by atoms with Crippen molar-refractivity contribution in [3.8, 4) is 0 Å². The molecule has 0 unspecified atom stereocenters. The maximum absolute atomic E-state index is 12.4. The quantitative estimate of drug-likeness (QED) is 0.908. The van der Waals surface area contributed by atoms with Crippen LogP contribution in [-0.2, 0) is 17.8 Å². The summed E-state index contributed by atoms with van der Waals surface area (Å²) in [5.74, 6) is 0.0735. The summed E-state index contributed by atoms with van der Waals surface area (Å²) in [5.41, 5.74) is 3.53. The zero-order chi connectivity index (χ0) is 17.1. The van der Waals surface area contributed by atoms with E-state index < -0.39 is 0 Å². The Morgan fingerprint density at radius 2 is 1.84 bits per heavy atom. The Labute approximate surface area is 153 Å². The lowest BCUT2D eigenvalue weighted by atomic mass is 10.1. The van der Waals surface area contributed by atoms with Gasteiger partial charge in [0.05, 0.1) is 6.54 Å². The molecule has 4 rings (SSSR count). The van der Waals surface area contributed by atoms with E-state index in [0.29, 0.717) is 6.54 Å². The first-order valence-corrected chi connectivity index (χ1v) is 10.1. The van der Waals surface area contributed by atoms with Gasteiger partial charge < -0.3 is 10.2 Å². The number of hydrogen-bond donors (Lipinski definition) is 1. The van der Waals surface area contributed by atoms with Crippen LogP contribution >= 0.6 is 11.3 Å². The topological polar surface area (TPSA) is 35.6 Å². The van der Waals surface area contributed by atoms with Gasteiger partial charge in [-0.25, -0.2) is 0 Å². The van der Waals surface area contributed by atoms with Crippen LogP contribution in [0.2, 0.25) is 0 Å². The van der Waals surface area contributed by atoms with Crippen LogP contribution in [0.4, 0.5) is 11.4 Å². The van der Waals surface area contributed by atoms with Gasteiger partial charge in [0.15, 0.2) is 0 Å². The predicted octanol–water partition coefficient (Wildman–Crippen LogP) is 3.74. The van der Waals surface area contributed by atoms with Crippen molar-refractivity contribution in [2.45, 2.75) is 32.2 Å². The third-order valence-electron chi connectivity index (χ3n) is 5.13. The molecule has 132 valence electrons. The van der Waals surface area contributed by atoms with Crippen molar-refractivity contribution in [1.82, 2.24) is 4.90 Å². The molecule has 3 heterocycles. The molecule has 1 N–H and O–H groups in total. The van der Waals surface area contributed by atoms with Gasteiger partial charge in [-0.05, 0) is 67.0 Å². The molecule has 1 saturated heterocycles. The fraction of sp³-hybridized carbons (Fsp3) is 0.450. The summed E-state index contributed by atoms with van der Waals surface area (Å²) in [6.45, 7) is 4.61. The zero-order valence-corrected chi connectivity index (χ0v) is 15.4. The Kier molecular flexibility index (Phi) is 5.04. The SMILES string of the molecule is O=C(CN1CCc2sccc2C1)Nc1ccc(N2CCCCC2)cc1. The van der Waals surface area contributed by atoms with E-state index >= 15 is 0 Å². The maximum atomic E-state index is 12.4. The highest BCUT2D eigenvalue weighted by atomic mass is 32.1. The summed E-state index contributed by atoms with van der Waals surface area (Å²) in [4.78, 5) is 18.5. The number of carbonyl (C=O) groups is 1. The molecule has 1 fully saturated rings. The first-order chi connectivity index (χ1) is 12.3. The number of benzene rings is 1. The van der Waals surface area contributed by atoms with E-state index in [2.05, 4.69) is 38.7 Å². The summed E-state index contributed by atoms with van der Waals surface area (Å²) in [7, 11) is 0. The van der Waals surface area contributed by atoms with E-state index in [1.54, 1.807) is 0 Å². The van der Waals surface area contributed by atoms with Crippen molar-refractivity contribution < 1.29 is 4.79 Å². The Balaban J connectivity index is 1.30. The molecule has 1 aromatic heterocycles. The van der Waals surface area contributed by atoms with Crippen molar-refractivity contribution in [2.75, 3.05) is 36.4 Å². The lowest BCUT2D eigenvalue weighted by Gasteiger charge is -2.29. The van der Waals surface area contributed by atoms with Gasteiger partial charge in [-0.1, -0.05) is 0 Å². The molecule has 0 spiro atoms. The van der Waals surface area contributed by atoms with Crippen LogP contribution in [-0.4, -0.2) is 37.0 Å². The molecule has 0 saturated carbocycles. The second kappa shape index (κ2) is 7.58. The standard InChI is InChI=1S/C20H25N3OS/c24-20(15-22-12-8-19-16(14-22)9-13-25-19)21-17-4-6-18(7-5-17)23-10-2-1-3-11-23/h4-7,9,13H,1-3,8,10-12,14-15H2,(H,21,24). The minimum absolute atomic E-state index is 0.0735. The van der Waals surface area contributed by atoms with Crippen LogP contribution in [0.25, 0.3) is 0 Å². The molecule has 2 aliphatic rings. The molecule has 25 heavy (non-hydrogen) atoms. The van der Waals surface area contributed by atoms with Crippen LogP contribution in [0.1, 0.15) is 29.7 Å². The number of thiophene rings is 1. The number of amides is 1. The molecular formula is C20H25N3OS. The van der Waals surface area contributed by atoms with Gasteiger partial charge in [0.1, 0.15) is 0 Å². The van der Waals surface area contributed by atoms with Crippen LogP contribution in [0.15, 0.2) is 35.7 Å². The van der Waals surface area contributed by atoms with Crippen molar-refractivity contribution >= 4 is 28.6 Å². The van der Waals surface area contributed by atoms with Crippen LogP contribution in [0, 0.1) is 0 Å². The van der Waals surface area contributed by atoms with Crippen molar-refractivity contribution in [3.05, 3.63) is 46.2 Å². The molecule has 1 aromatic carbocycles. The fourth-order valence-electron chi connectivity index (χ4n) is 3.75. The summed E-state index contributed by atoms with van der Waals surface area (Å²) >= 11 is 1.83. The average molecular weight is 356 g/mol. The highest BCUT2D eigenvalue weighted by molar-refractivity contribution is 7.10. The molecule has 0 atom stereocenters. The molecular weight excluding hydrogens is 330 g/mol. The lowest BCUT2D eigenvalue weighted by Crippen LogP contribution is -2.36. The van der Waals surface area contributed by atoms with Gasteiger partial charge in [0, 0.05) is 42.4 Å². The van der Waals surface area contributed by atoms with E-state index in [4.69, 9.17) is 0 Å². The first-order valence-electron chi connectivity index (χ1n) is 9.20. The van der Waals surface area contributed by atoms with Crippen molar-refractivity contribution in [1.29, 1.82) is 0 Å². The van der Waals surface area contributed by atoms with Crippen molar-refractivity contribution in [3.63, 3.8) is 0 Å². The van der Waals surface area contributed by atoms with Crippen molar-refractivity contribution in [2.24, 2.45) is 0 Å². The average Bonchev–Trinajstić information content (AvgIpc) is 3.11. The minimum atomic E-state index is 0.0735. The summed E-state index contributed by atoms with van der Waals surface area (Å²) in [5, 5.41) is 5.19. The third kappa shape index (κ3) is 4.05. The molecule has 0 aliphatic carbocycles. The summed E-state index contributed by atoms with van der Waals surface area (Å²) in [6, 6.07) is 10.5. The first kappa shape index (κ1) is 16.6. The lowest BCUT2D eigenvalue weighted by molar-refractivity contribution is -0.117.